The van der Waals surface area contributed by atoms with E-state index in [1.54, 1.807) is 0 Å². The summed E-state index contributed by atoms with van der Waals surface area (Å²) < 4.78 is 45.6. The number of nitrogens with zero attached hydrogens (tertiary/aromatic N) is 2. The van der Waals surface area contributed by atoms with Crippen LogP contribution in [-0.2, 0) is 0 Å². The molecule has 1 aromatic heterocycles. The summed E-state index contributed by atoms with van der Waals surface area (Å²) in [4.78, 5) is 8.70. The third-order valence-electron chi connectivity index (χ3n) is 3.11. The maximum absolute atomic E-state index is 12.2. The first kappa shape index (κ1) is 15.1. The monoisotopic (exact) mass is 320 g/mol. The van der Waals surface area contributed by atoms with E-state index in [2.05, 4.69) is 14.7 Å². The van der Waals surface area contributed by atoms with Crippen LogP contribution in [0.5, 0.6) is 11.6 Å². The smallest absolute Gasteiger partial charge is 0.480 e. The summed E-state index contributed by atoms with van der Waals surface area (Å²) in [6, 6.07) is 12.7. The predicted octanol–water partition coefficient (Wildman–Crippen LogP) is 4.20. The largest absolute Gasteiger partial charge is 0.573 e. The summed E-state index contributed by atoms with van der Waals surface area (Å²) in [6.07, 6.45) is -4.72. The Bertz CT molecular complexity index is 833. The van der Waals surface area contributed by atoms with E-state index in [0.717, 1.165) is 5.39 Å². The molecule has 0 radical (unpaired) electrons. The van der Waals surface area contributed by atoms with Gasteiger partial charge in [0.15, 0.2) is 5.82 Å². The molecule has 0 spiro atoms. The lowest BCUT2D eigenvalue weighted by atomic mass is 10.2. The first-order valence-corrected chi connectivity index (χ1v) is 6.63. The zero-order valence-electron chi connectivity index (χ0n) is 12.0. The molecule has 1 heterocycles. The molecule has 118 valence electrons. The van der Waals surface area contributed by atoms with E-state index >= 15 is 0 Å². The highest BCUT2D eigenvalue weighted by atomic mass is 19.4. The summed E-state index contributed by atoms with van der Waals surface area (Å²) >= 11 is 0. The number of ether oxygens (including phenoxy) is 2. The molecule has 0 aliphatic carbocycles. The van der Waals surface area contributed by atoms with E-state index < -0.39 is 6.36 Å². The van der Waals surface area contributed by atoms with Crippen molar-refractivity contribution in [2.45, 2.75) is 6.36 Å². The molecule has 0 N–H and O–H groups in total. The second-order valence-corrected chi connectivity index (χ2v) is 4.65. The Morgan fingerprint density at radius 3 is 2.26 bits per heavy atom. The van der Waals surface area contributed by atoms with Crippen LogP contribution in [0.25, 0.3) is 22.3 Å². The van der Waals surface area contributed by atoms with Crippen LogP contribution in [0, 0.1) is 0 Å². The molecule has 0 bridgehead atoms. The Balaban J connectivity index is 2.00. The van der Waals surface area contributed by atoms with Crippen molar-refractivity contribution in [3.8, 4) is 23.0 Å². The molecular formula is C16H11F3N2O2. The van der Waals surface area contributed by atoms with Crippen LogP contribution in [-0.4, -0.2) is 23.4 Å². The average Bonchev–Trinajstić information content (AvgIpc) is 2.53. The second-order valence-electron chi connectivity index (χ2n) is 4.65. The molecule has 0 amide bonds. The first-order valence-electron chi connectivity index (χ1n) is 6.63. The number of methoxy groups -OCH3 is 1. The van der Waals surface area contributed by atoms with Crippen LogP contribution >= 0.6 is 0 Å². The van der Waals surface area contributed by atoms with Crippen molar-refractivity contribution in [1.29, 1.82) is 0 Å². The van der Waals surface area contributed by atoms with Gasteiger partial charge in [0.2, 0.25) is 5.88 Å². The Kier molecular flexibility index (Phi) is 3.77. The topological polar surface area (TPSA) is 44.2 Å². The third-order valence-corrected chi connectivity index (χ3v) is 3.11. The zero-order chi connectivity index (χ0) is 16.4. The van der Waals surface area contributed by atoms with E-state index in [4.69, 9.17) is 4.74 Å². The fourth-order valence-electron chi connectivity index (χ4n) is 2.14. The summed E-state index contributed by atoms with van der Waals surface area (Å²) in [5, 5.41) is 0.760. The Hall–Kier alpha value is -2.83. The zero-order valence-corrected chi connectivity index (χ0v) is 12.0. The van der Waals surface area contributed by atoms with E-state index in [1.165, 1.54) is 31.4 Å². The molecule has 0 aliphatic rings. The lowest BCUT2D eigenvalue weighted by Crippen LogP contribution is -2.16. The molecule has 0 saturated heterocycles. The summed E-state index contributed by atoms with van der Waals surface area (Å²) in [5.74, 6) is 0.467. The highest BCUT2D eigenvalue weighted by Gasteiger charge is 2.31. The Morgan fingerprint density at radius 1 is 0.913 bits per heavy atom. The second kappa shape index (κ2) is 5.75. The lowest BCUT2D eigenvalue weighted by molar-refractivity contribution is -0.274. The molecular weight excluding hydrogens is 309 g/mol. The van der Waals surface area contributed by atoms with Gasteiger partial charge in [-0.3, -0.25) is 0 Å². The van der Waals surface area contributed by atoms with E-state index in [0.29, 0.717) is 22.8 Å². The molecule has 0 aliphatic heterocycles. The molecule has 0 unspecified atom stereocenters. The molecule has 7 heteroatoms. The van der Waals surface area contributed by atoms with E-state index in [-0.39, 0.29) is 5.75 Å². The molecule has 0 saturated carbocycles. The maximum atomic E-state index is 12.2. The van der Waals surface area contributed by atoms with Crippen molar-refractivity contribution in [2.75, 3.05) is 7.11 Å². The van der Waals surface area contributed by atoms with Crippen molar-refractivity contribution >= 4 is 10.9 Å². The Morgan fingerprint density at radius 2 is 1.61 bits per heavy atom. The van der Waals surface area contributed by atoms with Gasteiger partial charge in [0.05, 0.1) is 18.0 Å². The van der Waals surface area contributed by atoms with Crippen LogP contribution in [0.1, 0.15) is 0 Å². The summed E-state index contributed by atoms with van der Waals surface area (Å²) in [7, 11) is 1.50. The van der Waals surface area contributed by atoms with E-state index in [1.807, 2.05) is 24.3 Å². The predicted molar refractivity (Wildman–Crippen MR) is 78.2 cm³/mol. The lowest BCUT2D eigenvalue weighted by Gasteiger charge is -2.10. The van der Waals surface area contributed by atoms with E-state index in [9.17, 15) is 13.2 Å². The Labute approximate surface area is 129 Å². The number of hydrogen-bond acceptors (Lipinski definition) is 4. The van der Waals surface area contributed by atoms with Crippen molar-refractivity contribution in [3.63, 3.8) is 0 Å². The van der Waals surface area contributed by atoms with Gasteiger partial charge in [-0.15, -0.1) is 13.2 Å². The minimum absolute atomic E-state index is 0.297. The van der Waals surface area contributed by atoms with Gasteiger partial charge in [0.1, 0.15) is 5.75 Å². The number of hydrogen-bond donors (Lipinski definition) is 0. The first-order chi connectivity index (χ1) is 11.0. The molecule has 3 rings (SSSR count). The highest BCUT2D eigenvalue weighted by Crippen LogP contribution is 2.28. The van der Waals surface area contributed by atoms with Gasteiger partial charge in [-0.2, -0.15) is 4.98 Å². The van der Waals surface area contributed by atoms with Crippen LogP contribution in [0.2, 0.25) is 0 Å². The van der Waals surface area contributed by atoms with Crippen molar-refractivity contribution in [3.05, 3.63) is 48.5 Å². The fourth-order valence-corrected chi connectivity index (χ4v) is 2.14. The number of rotatable bonds is 3. The molecule has 23 heavy (non-hydrogen) atoms. The standard InChI is InChI=1S/C16H11F3N2O2/c1-22-15-12-4-2-3-5-13(12)20-14(21-15)10-6-8-11(9-7-10)23-16(17,18)19/h2-9H,1H3. The molecule has 0 fully saturated rings. The highest BCUT2D eigenvalue weighted by molar-refractivity contribution is 5.85. The number of benzene rings is 2. The number of fused-ring (bicyclic) bond motifs is 1. The average molecular weight is 320 g/mol. The minimum atomic E-state index is -4.72. The van der Waals surface area contributed by atoms with Crippen molar-refractivity contribution < 1.29 is 22.6 Å². The number of halogens is 3. The van der Waals surface area contributed by atoms with Crippen molar-refractivity contribution in [1.82, 2.24) is 9.97 Å². The van der Waals surface area contributed by atoms with Gasteiger partial charge >= 0.3 is 6.36 Å². The SMILES string of the molecule is COc1nc(-c2ccc(OC(F)(F)F)cc2)nc2ccccc12. The van der Waals surface area contributed by atoms with Crippen LogP contribution in [0.3, 0.4) is 0 Å². The minimum Gasteiger partial charge on any atom is -0.480 e. The molecule has 2 aromatic carbocycles. The molecule has 3 aromatic rings. The summed E-state index contributed by atoms with van der Waals surface area (Å²) in [5.41, 5.74) is 1.24. The van der Waals surface area contributed by atoms with Gasteiger partial charge in [0, 0.05) is 5.56 Å². The normalized spacial score (nSPS) is 11.5. The number of alkyl halides is 3. The number of para-hydroxylation sites is 1. The molecule has 0 atom stereocenters. The van der Waals surface area contributed by atoms with Gasteiger partial charge in [-0.05, 0) is 36.4 Å². The van der Waals surface area contributed by atoms with Gasteiger partial charge in [-0.1, -0.05) is 12.1 Å². The molecule has 4 nitrogen and oxygen atoms in total. The van der Waals surface area contributed by atoms with Crippen LogP contribution in [0.15, 0.2) is 48.5 Å². The maximum Gasteiger partial charge on any atom is 0.573 e. The quantitative estimate of drug-likeness (QED) is 0.725. The van der Waals surface area contributed by atoms with Crippen molar-refractivity contribution in [2.24, 2.45) is 0 Å². The third kappa shape index (κ3) is 3.33. The van der Waals surface area contributed by atoms with Gasteiger partial charge in [-0.25, -0.2) is 4.98 Å². The van der Waals surface area contributed by atoms with Gasteiger partial charge in [0.25, 0.3) is 0 Å². The fraction of sp³-hybridized carbons (Fsp3) is 0.125. The van der Waals surface area contributed by atoms with Gasteiger partial charge < -0.3 is 9.47 Å². The summed E-state index contributed by atoms with van der Waals surface area (Å²) in [6.45, 7) is 0. The van der Waals surface area contributed by atoms with Crippen LogP contribution < -0.4 is 9.47 Å². The number of aromatic nitrogens is 2. The van der Waals surface area contributed by atoms with Crippen LogP contribution in [0.4, 0.5) is 13.2 Å².